The van der Waals surface area contributed by atoms with Crippen LogP contribution in [0.5, 0.6) is 0 Å². The monoisotopic (exact) mass is 243 g/mol. The highest BCUT2D eigenvalue weighted by molar-refractivity contribution is 6.54. The van der Waals surface area contributed by atoms with Crippen molar-refractivity contribution in [1.82, 2.24) is 4.90 Å². The number of likely N-dealkylation sites (N-methyl/N-ethyl adjacent to an activating group) is 1. The number of hydrogen-bond acceptors (Lipinski definition) is 4. The number of benzene rings is 1. The number of rotatable bonds is 0. The molecule has 1 aromatic rings. The van der Waals surface area contributed by atoms with Crippen LogP contribution < -0.4 is 10.8 Å². The smallest absolute Gasteiger partial charge is 0.278 e. The molecule has 1 amide bonds. The number of amides is 1. The minimum Gasteiger partial charge on any atom is -0.410 e. The molecule has 6 heteroatoms. The topological polar surface area (TPSA) is 64.9 Å². The summed E-state index contributed by atoms with van der Waals surface area (Å²) in [6, 6.07) is 1.94. The Balaban J connectivity index is 2.24. The van der Waals surface area contributed by atoms with Crippen LogP contribution in [0.3, 0.4) is 0 Å². The molecular weight excluding hydrogens is 229 g/mol. The molecule has 0 unspecified atom stereocenters. The molecule has 0 bridgehead atoms. The number of oxime groups is 1. The molecule has 0 aromatic heterocycles. The third kappa shape index (κ3) is 1.45. The van der Waals surface area contributed by atoms with Crippen LogP contribution in [0, 0.1) is 0 Å². The number of nitrogens with zero attached hydrogens (tertiary/aromatic N) is 2. The Hall–Kier alpha value is -1.82. The van der Waals surface area contributed by atoms with Crippen LogP contribution >= 0.6 is 0 Å². The maximum absolute atomic E-state index is 11.7. The van der Waals surface area contributed by atoms with E-state index in [4.69, 9.17) is 5.21 Å². The van der Waals surface area contributed by atoms with E-state index >= 15 is 0 Å². The number of carbonyl (C=O) groups is 1. The minimum atomic E-state index is -0.325. The predicted octanol–water partition coefficient (Wildman–Crippen LogP) is -0.937. The first-order chi connectivity index (χ1) is 8.61. The fourth-order valence-corrected chi connectivity index (χ4v) is 2.83. The Bertz CT molecular complexity index is 583. The van der Waals surface area contributed by atoms with Crippen molar-refractivity contribution in [2.75, 3.05) is 18.9 Å². The van der Waals surface area contributed by atoms with Gasteiger partial charge in [0.05, 0.1) is 5.69 Å². The second kappa shape index (κ2) is 3.85. The van der Waals surface area contributed by atoms with Gasteiger partial charge >= 0.3 is 0 Å². The Labute approximate surface area is 106 Å². The summed E-state index contributed by atoms with van der Waals surface area (Å²) in [5, 5.41) is 14.9. The van der Waals surface area contributed by atoms with Gasteiger partial charge in [0.15, 0.2) is 5.71 Å². The molecule has 3 rings (SSSR count). The van der Waals surface area contributed by atoms with Crippen LogP contribution in [0.15, 0.2) is 11.2 Å². The maximum Gasteiger partial charge on any atom is 0.278 e. The van der Waals surface area contributed by atoms with Crippen LogP contribution in [0.2, 0.25) is 0 Å². The lowest BCUT2D eigenvalue weighted by molar-refractivity contribution is -0.110. The molecular formula is C12H14BN3O2. The third-order valence-corrected chi connectivity index (χ3v) is 3.75. The molecule has 0 atom stereocenters. The fourth-order valence-electron chi connectivity index (χ4n) is 2.83. The van der Waals surface area contributed by atoms with Gasteiger partial charge in [-0.05, 0) is 24.6 Å². The summed E-state index contributed by atoms with van der Waals surface area (Å²) >= 11 is 0. The molecule has 0 radical (unpaired) electrons. The number of carbonyl (C=O) groups excluding carboxylic acids is 1. The van der Waals surface area contributed by atoms with E-state index in [0.29, 0.717) is 5.56 Å². The first-order valence-corrected chi connectivity index (χ1v) is 5.99. The van der Waals surface area contributed by atoms with Gasteiger partial charge < -0.3 is 15.4 Å². The zero-order valence-electron chi connectivity index (χ0n) is 10.4. The fraction of sp³-hybridized carbons (Fsp3) is 0.333. The van der Waals surface area contributed by atoms with Crippen LogP contribution in [0.25, 0.3) is 0 Å². The van der Waals surface area contributed by atoms with Gasteiger partial charge in [-0.15, -0.1) is 0 Å². The van der Waals surface area contributed by atoms with Gasteiger partial charge in [0, 0.05) is 18.7 Å². The van der Waals surface area contributed by atoms with Crippen molar-refractivity contribution in [3.8, 4) is 0 Å². The second-order valence-electron chi connectivity index (χ2n) is 4.96. The summed E-state index contributed by atoms with van der Waals surface area (Å²) < 4.78 is 0. The molecule has 5 nitrogen and oxygen atoms in total. The largest absolute Gasteiger partial charge is 0.410 e. The van der Waals surface area contributed by atoms with Gasteiger partial charge in [-0.3, -0.25) is 4.79 Å². The highest BCUT2D eigenvalue weighted by Crippen LogP contribution is 2.32. The molecule has 0 saturated carbocycles. The normalized spacial score (nSPS) is 20.7. The number of nitrogens with one attached hydrogen (secondary N) is 1. The average Bonchev–Trinajstić information content (AvgIpc) is 2.65. The Morgan fingerprint density at radius 2 is 2.28 bits per heavy atom. The molecule has 92 valence electrons. The summed E-state index contributed by atoms with van der Waals surface area (Å²) in [7, 11) is 4.11. The van der Waals surface area contributed by atoms with Crippen LogP contribution in [-0.4, -0.2) is 43.2 Å². The minimum absolute atomic E-state index is 0.115. The first kappa shape index (κ1) is 11.3. The quantitative estimate of drug-likeness (QED) is 0.351. The van der Waals surface area contributed by atoms with E-state index in [1.807, 2.05) is 13.9 Å². The Morgan fingerprint density at radius 1 is 1.50 bits per heavy atom. The maximum atomic E-state index is 11.7. The summed E-state index contributed by atoms with van der Waals surface area (Å²) in [5.41, 5.74) is 5.28. The van der Waals surface area contributed by atoms with Gasteiger partial charge in [-0.25, -0.2) is 0 Å². The molecule has 0 fully saturated rings. The second-order valence-corrected chi connectivity index (χ2v) is 4.96. The van der Waals surface area contributed by atoms with E-state index in [2.05, 4.69) is 22.4 Å². The van der Waals surface area contributed by atoms with Crippen molar-refractivity contribution in [3.05, 3.63) is 22.8 Å². The van der Waals surface area contributed by atoms with Crippen molar-refractivity contribution in [2.24, 2.45) is 5.16 Å². The molecule has 1 aromatic carbocycles. The predicted molar refractivity (Wildman–Crippen MR) is 71.6 cm³/mol. The van der Waals surface area contributed by atoms with Gasteiger partial charge in [0.1, 0.15) is 7.85 Å². The number of hydrogen-bond donors (Lipinski definition) is 2. The molecule has 2 N–H and O–H groups in total. The highest BCUT2D eigenvalue weighted by Gasteiger charge is 2.32. The van der Waals surface area contributed by atoms with Crippen molar-refractivity contribution in [2.45, 2.75) is 13.0 Å². The zero-order valence-corrected chi connectivity index (χ0v) is 10.4. The van der Waals surface area contributed by atoms with E-state index in [1.54, 1.807) is 0 Å². The van der Waals surface area contributed by atoms with Crippen molar-refractivity contribution >= 4 is 30.6 Å². The van der Waals surface area contributed by atoms with E-state index in [0.717, 1.165) is 36.2 Å². The molecule has 0 spiro atoms. The van der Waals surface area contributed by atoms with Gasteiger partial charge in [-0.2, -0.15) is 0 Å². The third-order valence-electron chi connectivity index (χ3n) is 3.75. The molecule has 2 aliphatic heterocycles. The van der Waals surface area contributed by atoms with E-state index < -0.39 is 0 Å². The lowest BCUT2D eigenvalue weighted by Crippen LogP contribution is -2.31. The van der Waals surface area contributed by atoms with Gasteiger partial charge in [0.25, 0.3) is 5.91 Å². The molecule has 18 heavy (non-hydrogen) atoms. The van der Waals surface area contributed by atoms with Crippen molar-refractivity contribution in [3.63, 3.8) is 0 Å². The van der Waals surface area contributed by atoms with E-state index in [9.17, 15) is 4.79 Å². The van der Waals surface area contributed by atoms with E-state index in [-0.39, 0.29) is 11.6 Å². The summed E-state index contributed by atoms with van der Waals surface area (Å²) in [6.07, 6.45) is 0.992. The molecule has 0 saturated heterocycles. The zero-order chi connectivity index (χ0) is 12.9. The van der Waals surface area contributed by atoms with Crippen LogP contribution in [0.4, 0.5) is 5.69 Å². The molecule has 2 aliphatic rings. The standard InChI is InChI=1S/C12H14BN3O2/c1-16-3-2-6-8(5-16)10-7(4-9(6)13)11(15-18)12(17)14-10/h4,18H,2-3,5,13H2,1H3,(H,14,15,17). The van der Waals surface area contributed by atoms with Crippen molar-refractivity contribution in [1.29, 1.82) is 0 Å². The summed E-state index contributed by atoms with van der Waals surface area (Å²) in [4.78, 5) is 13.9. The van der Waals surface area contributed by atoms with Gasteiger partial charge in [-0.1, -0.05) is 16.7 Å². The highest BCUT2D eigenvalue weighted by atomic mass is 16.4. The number of fused-ring (bicyclic) bond motifs is 3. The Kier molecular flexibility index (Phi) is 2.41. The van der Waals surface area contributed by atoms with E-state index in [1.165, 1.54) is 5.56 Å². The lowest BCUT2D eigenvalue weighted by Gasteiger charge is -2.28. The van der Waals surface area contributed by atoms with Crippen LogP contribution in [0.1, 0.15) is 16.7 Å². The first-order valence-electron chi connectivity index (χ1n) is 5.99. The van der Waals surface area contributed by atoms with Crippen molar-refractivity contribution < 1.29 is 10.0 Å². The average molecular weight is 243 g/mol. The number of anilines is 1. The van der Waals surface area contributed by atoms with Gasteiger partial charge in [0.2, 0.25) is 0 Å². The summed E-state index contributed by atoms with van der Waals surface area (Å²) in [6.45, 7) is 1.85. The lowest BCUT2D eigenvalue weighted by atomic mass is 9.81. The molecule has 0 aliphatic carbocycles. The summed E-state index contributed by atoms with van der Waals surface area (Å²) in [5.74, 6) is -0.325. The van der Waals surface area contributed by atoms with Crippen LogP contribution in [-0.2, 0) is 17.8 Å². The molecule has 2 heterocycles. The Morgan fingerprint density at radius 3 is 3.00 bits per heavy atom. The SMILES string of the molecule is Bc1cc2c(c3c1CCN(C)C3)NC(=O)/C2=N\O.